The van der Waals surface area contributed by atoms with Gasteiger partial charge in [0.25, 0.3) is 0 Å². The third kappa shape index (κ3) is 4.80. The van der Waals surface area contributed by atoms with E-state index in [1.54, 1.807) is 9.36 Å². The number of aliphatic imine (C=N–C) groups is 2. The summed E-state index contributed by atoms with van der Waals surface area (Å²) in [4.78, 5) is 10.7. The summed E-state index contributed by atoms with van der Waals surface area (Å²) in [7, 11) is 0. The van der Waals surface area contributed by atoms with Gasteiger partial charge in [0.2, 0.25) is 0 Å². The molecule has 9 rings (SSSR count). The molecule has 0 aliphatic heterocycles. The molecule has 8 nitrogen and oxygen atoms in total. The third-order valence-corrected chi connectivity index (χ3v) is 8.49. The van der Waals surface area contributed by atoms with E-state index >= 15 is 0 Å². The Labute approximate surface area is 276 Å². The quantitative estimate of drug-likeness (QED) is 0.187. The Balaban J connectivity index is 1.19. The number of hydrogen-bond donors (Lipinski definition) is 0. The number of rotatable bonds is 6. The maximum Gasteiger partial charge on any atom is 0.115 e. The highest BCUT2D eigenvalue weighted by molar-refractivity contribution is 6.61. The van der Waals surface area contributed by atoms with Gasteiger partial charge >= 0.3 is 0 Å². The van der Waals surface area contributed by atoms with E-state index in [1.165, 1.54) is 0 Å². The second kappa shape index (κ2) is 11.5. The molecular formula is C40H26N8. The minimum atomic E-state index is 0.734. The SMILES string of the molecule is c1ccc(-n2cc(-c3ccccc3N=C3C(=Nc4ccccc4-c4cn(-c5ccccc5)nn4)c4cccc5cccc3c45)nn2)cc1. The van der Waals surface area contributed by atoms with Gasteiger partial charge in [0.1, 0.15) is 11.4 Å². The van der Waals surface area contributed by atoms with E-state index in [0.29, 0.717) is 0 Å². The molecule has 0 saturated heterocycles. The lowest BCUT2D eigenvalue weighted by atomic mass is 10.1. The van der Waals surface area contributed by atoms with Gasteiger partial charge in [-0.2, -0.15) is 0 Å². The minimum absolute atomic E-state index is 0.734. The molecule has 1 aliphatic rings. The lowest BCUT2D eigenvalue weighted by molar-refractivity contribution is 0.804. The highest BCUT2D eigenvalue weighted by Gasteiger charge is 2.28. The van der Waals surface area contributed by atoms with Gasteiger partial charge in [-0.1, -0.05) is 120 Å². The lowest BCUT2D eigenvalue weighted by Crippen LogP contribution is -2.10. The van der Waals surface area contributed by atoms with Gasteiger partial charge in [0.05, 0.1) is 46.6 Å². The monoisotopic (exact) mass is 618 g/mol. The van der Waals surface area contributed by atoms with Crippen molar-refractivity contribution in [3.8, 4) is 33.9 Å². The van der Waals surface area contributed by atoms with Crippen LogP contribution in [0.15, 0.2) is 168 Å². The molecule has 1 aliphatic carbocycles. The predicted molar refractivity (Wildman–Crippen MR) is 190 cm³/mol. The van der Waals surface area contributed by atoms with Crippen molar-refractivity contribution >= 4 is 33.6 Å². The average Bonchev–Trinajstić information content (AvgIpc) is 3.91. The van der Waals surface area contributed by atoms with Crippen molar-refractivity contribution in [1.29, 1.82) is 0 Å². The highest BCUT2D eigenvalue weighted by atomic mass is 15.4. The number of nitrogens with zero attached hydrogens (tertiary/aromatic N) is 8. The van der Waals surface area contributed by atoms with E-state index in [0.717, 1.165) is 78.6 Å². The fraction of sp³-hybridized carbons (Fsp3) is 0. The van der Waals surface area contributed by atoms with Crippen molar-refractivity contribution in [3.05, 3.63) is 169 Å². The van der Waals surface area contributed by atoms with Crippen LogP contribution in [-0.2, 0) is 0 Å². The fourth-order valence-electron chi connectivity index (χ4n) is 6.22. The predicted octanol–water partition coefficient (Wildman–Crippen LogP) is 8.59. The molecule has 2 aromatic heterocycles. The van der Waals surface area contributed by atoms with Gasteiger partial charge in [-0.05, 0) is 41.8 Å². The summed E-state index contributed by atoms with van der Waals surface area (Å²) in [6, 6.07) is 48.7. The van der Waals surface area contributed by atoms with Crippen molar-refractivity contribution in [2.75, 3.05) is 0 Å². The molecule has 0 radical (unpaired) electrons. The Morgan fingerprint density at radius 2 is 0.812 bits per heavy atom. The summed E-state index contributed by atoms with van der Waals surface area (Å²) in [5, 5.41) is 20.2. The standard InChI is InChI=1S/C40H26N8/c1-3-15-28(16-4-1)47-25-36(43-45-47)30-19-7-9-23-34(30)41-39-32-21-11-13-27-14-12-22-33(38(27)32)40(39)42-35-24-10-8-20-31(35)37-26-48(46-44-37)29-17-5-2-6-18-29/h1-26H. The fourth-order valence-corrected chi connectivity index (χ4v) is 6.22. The van der Waals surface area contributed by atoms with Crippen LogP contribution >= 0.6 is 0 Å². The molecular weight excluding hydrogens is 592 g/mol. The number of para-hydroxylation sites is 4. The summed E-state index contributed by atoms with van der Waals surface area (Å²) >= 11 is 0. The summed E-state index contributed by atoms with van der Waals surface area (Å²) < 4.78 is 3.56. The number of benzene rings is 6. The van der Waals surface area contributed by atoms with Gasteiger partial charge < -0.3 is 0 Å². The van der Waals surface area contributed by atoms with Crippen molar-refractivity contribution in [2.24, 2.45) is 9.98 Å². The average molecular weight is 619 g/mol. The van der Waals surface area contributed by atoms with Crippen LogP contribution < -0.4 is 0 Å². The molecule has 0 unspecified atom stereocenters. The zero-order valence-electron chi connectivity index (χ0n) is 25.6. The maximum atomic E-state index is 5.36. The Bertz CT molecular complexity index is 2340. The van der Waals surface area contributed by atoms with E-state index in [9.17, 15) is 0 Å². The van der Waals surface area contributed by atoms with E-state index in [4.69, 9.17) is 9.98 Å². The maximum absolute atomic E-state index is 5.36. The van der Waals surface area contributed by atoms with Crippen LogP contribution in [0.4, 0.5) is 11.4 Å². The Morgan fingerprint density at radius 3 is 1.29 bits per heavy atom. The molecule has 48 heavy (non-hydrogen) atoms. The van der Waals surface area contributed by atoms with Crippen molar-refractivity contribution < 1.29 is 0 Å². The van der Waals surface area contributed by atoms with Crippen LogP contribution in [0.5, 0.6) is 0 Å². The zero-order chi connectivity index (χ0) is 31.9. The van der Waals surface area contributed by atoms with Crippen LogP contribution in [0.1, 0.15) is 11.1 Å². The first-order chi connectivity index (χ1) is 23.8. The lowest BCUT2D eigenvalue weighted by Gasteiger charge is -2.08. The van der Waals surface area contributed by atoms with Gasteiger partial charge in [-0.3, -0.25) is 0 Å². The largest absolute Gasteiger partial charge is 0.245 e. The topological polar surface area (TPSA) is 86.1 Å². The molecule has 0 saturated carbocycles. The van der Waals surface area contributed by atoms with Crippen molar-refractivity contribution in [3.63, 3.8) is 0 Å². The molecule has 0 N–H and O–H groups in total. The van der Waals surface area contributed by atoms with Crippen LogP contribution in [0.3, 0.4) is 0 Å². The van der Waals surface area contributed by atoms with Gasteiger partial charge in [0, 0.05) is 27.6 Å². The summed E-state index contributed by atoms with van der Waals surface area (Å²) in [5.74, 6) is 0. The molecule has 0 amide bonds. The first kappa shape index (κ1) is 27.5. The molecule has 0 atom stereocenters. The van der Waals surface area contributed by atoms with E-state index < -0.39 is 0 Å². The minimum Gasteiger partial charge on any atom is -0.245 e. The molecule has 8 aromatic rings. The van der Waals surface area contributed by atoms with Crippen molar-refractivity contribution in [2.45, 2.75) is 0 Å². The molecule has 0 fully saturated rings. The summed E-state index contributed by atoms with van der Waals surface area (Å²) in [5.41, 5.74) is 10.4. The van der Waals surface area contributed by atoms with Gasteiger partial charge in [-0.25, -0.2) is 19.3 Å². The third-order valence-electron chi connectivity index (χ3n) is 8.49. The number of aromatic nitrogens is 6. The van der Waals surface area contributed by atoms with Crippen LogP contribution in [0.2, 0.25) is 0 Å². The number of hydrogen-bond acceptors (Lipinski definition) is 6. The zero-order valence-corrected chi connectivity index (χ0v) is 25.6. The summed E-state index contributed by atoms with van der Waals surface area (Å²) in [6.45, 7) is 0. The first-order valence-electron chi connectivity index (χ1n) is 15.6. The van der Waals surface area contributed by atoms with E-state index in [1.807, 2.05) is 122 Å². The highest BCUT2D eigenvalue weighted by Crippen LogP contribution is 2.38. The Hall–Kier alpha value is -6.80. The molecule has 0 bridgehead atoms. The van der Waals surface area contributed by atoms with Gasteiger partial charge in [0.15, 0.2) is 0 Å². The summed E-state index contributed by atoms with van der Waals surface area (Å²) in [6.07, 6.45) is 3.87. The Kier molecular flexibility index (Phi) is 6.61. The second-order valence-corrected chi connectivity index (χ2v) is 11.4. The van der Waals surface area contributed by atoms with Gasteiger partial charge in [-0.15, -0.1) is 10.2 Å². The van der Waals surface area contributed by atoms with E-state index in [-0.39, 0.29) is 0 Å². The molecule has 0 spiro atoms. The van der Waals surface area contributed by atoms with E-state index in [2.05, 4.69) is 57.0 Å². The second-order valence-electron chi connectivity index (χ2n) is 11.4. The molecule has 226 valence electrons. The first-order valence-corrected chi connectivity index (χ1v) is 15.6. The normalized spacial score (nSPS) is 13.9. The van der Waals surface area contributed by atoms with Crippen LogP contribution in [0, 0.1) is 0 Å². The molecule has 2 heterocycles. The Morgan fingerprint density at radius 1 is 0.396 bits per heavy atom. The molecule has 6 aromatic carbocycles. The van der Waals surface area contributed by atoms with Crippen LogP contribution in [0.25, 0.3) is 44.7 Å². The van der Waals surface area contributed by atoms with Crippen molar-refractivity contribution in [1.82, 2.24) is 30.0 Å². The molecule has 8 heteroatoms. The smallest absolute Gasteiger partial charge is 0.115 e. The van der Waals surface area contributed by atoms with Crippen LogP contribution in [-0.4, -0.2) is 41.4 Å².